The SMILES string of the molecule is NC[C@]1(CO)[C@@H](c2ccc3c(c2)OCO3)[C@@H]1S(=O)(=O)c1ccc(Cl)cc1. The van der Waals surface area contributed by atoms with Crippen LogP contribution in [0.3, 0.4) is 0 Å². The molecule has 1 aliphatic heterocycles. The van der Waals surface area contributed by atoms with Crippen molar-refractivity contribution in [2.45, 2.75) is 16.1 Å². The Morgan fingerprint density at radius 1 is 1.15 bits per heavy atom. The number of fused-ring (bicyclic) bond motifs is 1. The van der Waals surface area contributed by atoms with E-state index in [2.05, 4.69) is 0 Å². The smallest absolute Gasteiger partial charge is 0.231 e. The Kier molecular flexibility index (Phi) is 4.15. The number of hydrogen-bond acceptors (Lipinski definition) is 6. The van der Waals surface area contributed by atoms with E-state index in [4.69, 9.17) is 26.8 Å². The van der Waals surface area contributed by atoms with Crippen LogP contribution in [0.15, 0.2) is 47.4 Å². The Hall–Kier alpha value is -1.80. The number of halogens is 1. The molecule has 1 fully saturated rings. The molecule has 1 saturated carbocycles. The summed E-state index contributed by atoms with van der Waals surface area (Å²) in [6.07, 6.45) is 0. The largest absolute Gasteiger partial charge is 0.454 e. The third kappa shape index (κ3) is 2.50. The van der Waals surface area contributed by atoms with E-state index in [1.54, 1.807) is 18.2 Å². The molecule has 2 aliphatic rings. The molecule has 1 aliphatic carbocycles. The maximum atomic E-state index is 13.2. The van der Waals surface area contributed by atoms with Crippen LogP contribution >= 0.6 is 11.6 Å². The van der Waals surface area contributed by atoms with E-state index in [9.17, 15) is 13.5 Å². The second kappa shape index (κ2) is 6.13. The minimum absolute atomic E-state index is 0.0556. The quantitative estimate of drug-likeness (QED) is 0.802. The van der Waals surface area contributed by atoms with Gasteiger partial charge in [0.25, 0.3) is 0 Å². The van der Waals surface area contributed by atoms with E-state index in [0.717, 1.165) is 5.56 Å². The minimum atomic E-state index is -3.70. The monoisotopic (exact) mass is 395 g/mol. The Labute approximate surface area is 156 Å². The predicted octanol–water partition coefficient (Wildman–Crippen LogP) is 1.95. The van der Waals surface area contributed by atoms with Gasteiger partial charge in [0.1, 0.15) is 0 Å². The molecule has 4 rings (SSSR count). The Bertz CT molecular complexity index is 941. The van der Waals surface area contributed by atoms with Crippen molar-refractivity contribution in [2.24, 2.45) is 11.1 Å². The van der Waals surface area contributed by atoms with E-state index in [-0.39, 0.29) is 24.8 Å². The first kappa shape index (κ1) is 17.6. The van der Waals surface area contributed by atoms with Crippen molar-refractivity contribution in [2.75, 3.05) is 19.9 Å². The van der Waals surface area contributed by atoms with Crippen LogP contribution in [-0.2, 0) is 9.84 Å². The van der Waals surface area contributed by atoms with E-state index in [1.807, 2.05) is 0 Å². The number of nitrogens with two attached hydrogens (primary N) is 1. The second-order valence-corrected chi connectivity index (χ2v) is 9.11. The van der Waals surface area contributed by atoms with Gasteiger partial charge >= 0.3 is 0 Å². The predicted molar refractivity (Wildman–Crippen MR) is 96.3 cm³/mol. The molecule has 3 N–H and O–H groups in total. The van der Waals surface area contributed by atoms with Crippen molar-refractivity contribution in [3.63, 3.8) is 0 Å². The standard InChI is InChI=1S/C18H18ClNO5S/c19-12-2-4-13(5-3-12)26(22,23)17-16(18(17,8-20)9-21)11-1-6-14-15(7-11)25-10-24-14/h1-7,16-17,21H,8-10,20H2/t16-,17-,18-/m0/s1. The summed E-state index contributed by atoms with van der Waals surface area (Å²) < 4.78 is 37.1. The third-order valence-electron chi connectivity index (χ3n) is 5.29. The minimum Gasteiger partial charge on any atom is -0.454 e. The lowest BCUT2D eigenvalue weighted by Gasteiger charge is -2.12. The van der Waals surface area contributed by atoms with Crippen LogP contribution in [-0.4, -0.2) is 38.7 Å². The zero-order valence-corrected chi connectivity index (χ0v) is 15.3. The van der Waals surface area contributed by atoms with Crippen LogP contribution in [0.1, 0.15) is 11.5 Å². The lowest BCUT2D eigenvalue weighted by molar-refractivity contribution is 0.174. The van der Waals surface area contributed by atoms with Gasteiger partial charge in [-0.05, 0) is 42.0 Å². The first-order valence-electron chi connectivity index (χ1n) is 8.14. The van der Waals surface area contributed by atoms with Crippen molar-refractivity contribution in [1.82, 2.24) is 0 Å². The molecule has 0 bridgehead atoms. The summed E-state index contributed by atoms with van der Waals surface area (Å²) in [7, 11) is -3.70. The molecule has 2 aromatic carbocycles. The maximum absolute atomic E-state index is 13.2. The van der Waals surface area contributed by atoms with Gasteiger partial charge in [-0.3, -0.25) is 0 Å². The summed E-state index contributed by atoms with van der Waals surface area (Å²) >= 11 is 5.87. The Morgan fingerprint density at radius 3 is 2.50 bits per heavy atom. The first-order valence-corrected chi connectivity index (χ1v) is 10.1. The second-order valence-electron chi connectivity index (χ2n) is 6.61. The molecule has 3 atom stereocenters. The fourth-order valence-corrected chi connectivity index (χ4v) is 6.40. The average molecular weight is 396 g/mol. The van der Waals surface area contributed by atoms with Crippen LogP contribution in [0.5, 0.6) is 11.5 Å². The van der Waals surface area contributed by atoms with Gasteiger partial charge in [-0.1, -0.05) is 17.7 Å². The zero-order valence-electron chi connectivity index (χ0n) is 13.8. The lowest BCUT2D eigenvalue weighted by atomic mass is 10.00. The van der Waals surface area contributed by atoms with Crippen molar-refractivity contribution < 1.29 is 23.0 Å². The molecule has 0 amide bonds. The summed E-state index contributed by atoms with van der Waals surface area (Å²) in [6.45, 7) is -0.127. The van der Waals surface area contributed by atoms with Crippen LogP contribution in [0.25, 0.3) is 0 Å². The molecule has 2 aromatic rings. The summed E-state index contributed by atoms with van der Waals surface area (Å²) in [5.41, 5.74) is 5.74. The highest BCUT2D eigenvalue weighted by atomic mass is 35.5. The molecule has 0 radical (unpaired) electrons. The summed E-state index contributed by atoms with van der Waals surface area (Å²) in [5, 5.41) is 9.63. The first-order chi connectivity index (χ1) is 12.4. The molecule has 138 valence electrons. The van der Waals surface area contributed by atoms with Crippen molar-refractivity contribution in [1.29, 1.82) is 0 Å². The van der Waals surface area contributed by atoms with E-state index >= 15 is 0 Å². The van der Waals surface area contributed by atoms with Gasteiger partial charge in [0.05, 0.1) is 16.8 Å². The van der Waals surface area contributed by atoms with Gasteiger partial charge in [0.15, 0.2) is 21.3 Å². The fourth-order valence-electron chi connectivity index (χ4n) is 3.82. The molecule has 6 nitrogen and oxygen atoms in total. The van der Waals surface area contributed by atoms with E-state index < -0.39 is 26.4 Å². The number of aliphatic hydroxyl groups excluding tert-OH is 1. The van der Waals surface area contributed by atoms with Gasteiger partial charge in [0, 0.05) is 22.9 Å². The topological polar surface area (TPSA) is 98.8 Å². The van der Waals surface area contributed by atoms with Crippen molar-refractivity contribution >= 4 is 21.4 Å². The maximum Gasteiger partial charge on any atom is 0.231 e. The molecule has 0 spiro atoms. The Morgan fingerprint density at radius 2 is 1.85 bits per heavy atom. The normalized spacial score (nSPS) is 26.7. The van der Waals surface area contributed by atoms with Crippen LogP contribution in [0.2, 0.25) is 5.02 Å². The summed E-state index contributed by atoms with van der Waals surface area (Å²) in [4.78, 5) is 0.168. The van der Waals surface area contributed by atoms with Crippen LogP contribution in [0.4, 0.5) is 0 Å². The van der Waals surface area contributed by atoms with Crippen LogP contribution < -0.4 is 15.2 Å². The molecule has 26 heavy (non-hydrogen) atoms. The number of sulfone groups is 1. The summed E-state index contributed by atoms with van der Waals surface area (Å²) in [5.74, 6) is 0.766. The molecular formula is C18H18ClNO5S. The van der Waals surface area contributed by atoms with Gasteiger partial charge in [0.2, 0.25) is 6.79 Å². The van der Waals surface area contributed by atoms with Gasteiger partial charge in [-0.15, -0.1) is 0 Å². The number of benzene rings is 2. The third-order valence-corrected chi connectivity index (χ3v) is 7.88. The molecule has 0 saturated heterocycles. The van der Waals surface area contributed by atoms with Gasteiger partial charge in [-0.25, -0.2) is 8.42 Å². The number of hydrogen-bond donors (Lipinski definition) is 2. The summed E-state index contributed by atoms with van der Waals surface area (Å²) in [6, 6.07) is 11.3. The molecule has 1 heterocycles. The lowest BCUT2D eigenvalue weighted by Crippen LogP contribution is -2.27. The van der Waals surface area contributed by atoms with E-state index in [1.165, 1.54) is 24.3 Å². The zero-order chi connectivity index (χ0) is 18.5. The van der Waals surface area contributed by atoms with Gasteiger partial charge < -0.3 is 20.3 Å². The van der Waals surface area contributed by atoms with Crippen molar-refractivity contribution in [3.8, 4) is 11.5 Å². The van der Waals surface area contributed by atoms with Gasteiger partial charge in [-0.2, -0.15) is 0 Å². The fraction of sp³-hybridized carbons (Fsp3) is 0.333. The number of ether oxygens (including phenoxy) is 2. The van der Waals surface area contributed by atoms with Crippen LogP contribution in [0, 0.1) is 5.41 Å². The average Bonchev–Trinajstić information content (AvgIpc) is 3.12. The molecule has 8 heteroatoms. The number of rotatable bonds is 5. The van der Waals surface area contributed by atoms with E-state index in [0.29, 0.717) is 16.5 Å². The molecular weight excluding hydrogens is 378 g/mol. The number of aliphatic hydroxyl groups is 1. The highest BCUT2D eigenvalue weighted by Crippen LogP contribution is 2.63. The Balaban J connectivity index is 1.76. The highest BCUT2D eigenvalue weighted by molar-refractivity contribution is 7.92. The highest BCUT2D eigenvalue weighted by Gasteiger charge is 2.70. The molecule has 0 unspecified atom stereocenters. The molecule has 0 aromatic heterocycles. The van der Waals surface area contributed by atoms with Crippen molar-refractivity contribution in [3.05, 3.63) is 53.1 Å².